The van der Waals surface area contributed by atoms with Gasteiger partial charge in [-0.15, -0.1) is 19.7 Å². The number of rotatable bonds is 22. The molecule has 8 unspecified atom stereocenters. The molecular formula is C112H151N6O25P3. The number of hydrogen-bond acceptors (Lipinski definition) is 24. The molecule has 6 aromatic rings. The Morgan fingerprint density at radius 1 is 0.486 bits per heavy atom. The van der Waals surface area contributed by atoms with Crippen molar-refractivity contribution < 1.29 is 119 Å². The van der Waals surface area contributed by atoms with E-state index in [1.54, 1.807) is 61.5 Å². The number of Topliss-reactive ketones (excluding diaryl/α,β-unsaturated/α-hetero) is 3. The summed E-state index contributed by atoms with van der Waals surface area (Å²) in [5.41, 5.74) is 2.30. The van der Waals surface area contributed by atoms with Crippen LogP contribution in [-0.4, -0.2) is 214 Å². The standard InChI is InChI=1S/2C38H51N2O8P.C36H49N2O9P/c2*1-4-29-21-38(29,49(44,45)47-5-2)22-34(41)33-19-30-23-40(33)37(43)32(27-12-7-6-8-13-27)20-35(42)46-24-25(3)10-9-11-26-14-15-28-16-17-39-36(48-30)31(28)18-26;1-8-24-18-36(24,48(42,43)44)19-29(39)28-16-25-20-38(28)33(41)27(34(2,3)4)17-31(40)46-21-35(5,6)12-9-10-23-14-26-22(15-30(23)45-7)11-13-37-32(26)47-25/h2*4,14-18,25,27,29-30,32-33H,1,5-13,19-24H2,2-3H3,(H,44,45);8,11,13-15,24-25,27-28H,1,9-10,12,16-21H2,2-7H3,(H2,42,43,44)/t25-,29?,30+,32-,33-,38?;25-,29?,30-,32+,33+,38?;24?,25-,27-,28+,36?/m011/s1. The largest absolute Gasteiger partial charge is 0.496 e. The number of ketones is 3. The first-order valence-electron chi connectivity index (χ1n) is 53.0. The van der Waals surface area contributed by atoms with Gasteiger partial charge >= 0.3 is 40.7 Å². The Morgan fingerprint density at radius 3 is 1.27 bits per heavy atom. The minimum absolute atomic E-state index is 0.00114. The Balaban J connectivity index is 0.000000164. The zero-order valence-electron chi connectivity index (χ0n) is 86.6. The van der Waals surface area contributed by atoms with Gasteiger partial charge in [0.05, 0.1) is 130 Å². The summed E-state index contributed by atoms with van der Waals surface area (Å²) in [6, 6.07) is 19.5. The SMILES string of the molecule is C=CC1CC1(CC(=O)[C@@H]1C[C@@H]2CN1C(=O)[C@H](C(C)(C)C)CC(=O)OCC(C)(C)CCCc1cc3c(nccc3cc1OC)O2)P(=O)(O)O.C=CC1CC1(CC(=O)[C@@H]1C[C@@H]2CN1C(=O)[C@H](C1CCCCC1)CC(=O)OC[C@@H](C)CCCc1ccc3ccnc(c3c1)O2)P(=O)(O)OCC.C=CC1CC1(CC(=O)[C@@H]1C[C@@H]2CN1C(=O)[C@H](C1CCCCC1)CC(=O)OC[C@H](C)CCCc1ccc3ccnc(c3c1)O2)P(=O)(O)OCC. The fourth-order valence-electron chi connectivity index (χ4n) is 24.1. The monoisotopic (exact) mass is 2070 g/mol. The molecule has 0 radical (unpaired) electrons. The summed E-state index contributed by atoms with van der Waals surface area (Å²) < 4.78 is 92.8. The minimum atomic E-state index is -4.67. The number of esters is 3. The van der Waals surface area contributed by atoms with Gasteiger partial charge in [0.2, 0.25) is 35.4 Å². The predicted molar refractivity (Wildman–Crippen MR) is 553 cm³/mol. The van der Waals surface area contributed by atoms with Gasteiger partial charge in [-0.05, 0) is 244 Å². The van der Waals surface area contributed by atoms with E-state index in [-0.39, 0.29) is 173 Å². The van der Waals surface area contributed by atoms with Crippen LogP contribution in [0.5, 0.6) is 23.4 Å². The van der Waals surface area contributed by atoms with E-state index in [2.05, 4.69) is 84.9 Å². The third-order valence-corrected chi connectivity index (χ3v) is 39.7. The molecule has 19 atom stereocenters. The lowest BCUT2D eigenvalue weighted by molar-refractivity contribution is -0.155. The van der Waals surface area contributed by atoms with Crippen molar-refractivity contribution in [2.75, 3.05) is 59.8 Å². The number of nitrogens with zero attached hydrogens (tertiary/aromatic N) is 6. The third kappa shape index (κ3) is 25.2. The first-order chi connectivity index (χ1) is 69.5. The number of pyridine rings is 3. The van der Waals surface area contributed by atoms with E-state index in [1.165, 1.54) is 11.0 Å². The maximum atomic E-state index is 14.7. The van der Waals surface area contributed by atoms with E-state index < -0.39 is 128 Å². The number of methoxy groups -OCH3 is 1. The molecule has 31 nitrogen and oxygen atoms in total. The molecule has 794 valence electrons. The van der Waals surface area contributed by atoms with Crippen LogP contribution in [0, 0.1) is 70.0 Å². The Hall–Kier alpha value is -9.41. The van der Waals surface area contributed by atoms with E-state index in [0.29, 0.717) is 50.1 Å². The first-order valence-corrected chi connectivity index (χ1v) is 57.8. The van der Waals surface area contributed by atoms with Gasteiger partial charge in [0.15, 0.2) is 17.3 Å². The summed E-state index contributed by atoms with van der Waals surface area (Å²) in [6.07, 6.45) is 25.4. The number of fused-ring (bicyclic) bond motifs is 9. The van der Waals surface area contributed by atoms with Gasteiger partial charge in [-0.25, -0.2) is 15.0 Å². The van der Waals surface area contributed by atoms with E-state index in [1.807, 2.05) is 65.0 Å². The molecule has 11 aliphatic rings. The van der Waals surface area contributed by atoms with Gasteiger partial charge < -0.3 is 76.5 Å². The summed E-state index contributed by atoms with van der Waals surface area (Å²) in [5.74, 6) is -4.17. The Kier molecular flexibility index (Phi) is 35.3. The topological polar surface area (TPSA) is 417 Å². The van der Waals surface area contributed by atoms with Crippen LogP contribution in [0.25, 0.3) is 32.3 Å². The summed E-state index contributed by atoms with van der Waals surface area (Å²) in [5, 5.41) is 1.30. The lowest BCUT2D eigenvalue weighted by Gasteiger charge is -2.35. The molecule has 0 spiro atoms. The minimum Gasteiger partial charge on any atom is -0.496 e. The van der Waals surface area contributed by atoms with Crippen molar-refractivity contribution in [1.29, 1.82) is 0 Å². The zero-order valence-corrected chi connectivity index (χ0v) is 89.3. The van der Waals surface area contributed by atoms with Gasteiger partial charge in [0.1, 0.15) is 24.1 Å². The van der Waals surface area contributed by atoms with Gasteiger partial charge in [-0.1, -0.05) is 129 Å². The van der Waals surface area contributed by atoms with Crippen LogP contribution in [-0.2, 0) is 99.4 Å². The average molecular weight is 2070 g/mol. The third-order valence-electron chi connectivity index (χ3n) is 33.1. The molecule has 5 aliphatic carbocycles. The Bertz CT molecular complexity index is 5750. The number of cyclic esters (lactones) is 3. The molecule has 3 aromatic heterocycles. The van der Waals surface area contributed by atoms with Crippen LogP contribution in [0.15, 0.2) is 123 Å². The molecule has 6 aliphatic heterocycles. The van der Waals surface area contributed by atoms with Gasteiger partial charge in [0.25, 0.3) is 0 Å². The van der Waals surface area contributed by atoms with Crippen molar-refractivity contribution >= 4 is 108 Å². The van der Waals surface area contributed by atoms with Crippen molar-refractivity contribution in [3.8, 4) is 23.4 Å². The average Bonchev–Trinajstić information content (AvgIpc) is 1.57. The van der Waals surface area contributed by atoms with Crippen LogP contribution in [0.3, 0.4) is 0 Å². The predicted octanol–water partition coefficient (Wildman–Crippen LogP) is 19.3. The van der Waals surface area contributed by atoms with E-state index in [4.69, 9.17) is 42.2 Å². The van der Waals surface area contributed by atoms with Crippen molar-refractivity contribution in [3.05, 3.63) is 140 Å². The summed E-state index contributed by atoms with van der Waals surface area (Å²) in [7, 11) is -11.4. The van der Waals surface area contributed by atoms with E-state index in [0.717, 1.165) is 170 Å². The zero-order chi connectivity index (χ0) is 105. The second-order valence-electron chi connectivity index (χ2n) is 45.2. The summed E-state index contributed by atoms with van der Waals surface area (Å²) >= 11 is 0. The van der Waals surface area contributed by atoms with Crippen molar-refractivity contribution in [3.63, 3.8) is 0 Å². The highest BCUT2D eigenvalue weighted by Gasteiger charge is 2.69. The van der Waals surface area contributed by atoms with Crippen LogP contribution >= 0.6 is 22.8 Å². The molecule has 146 heavy (non-hydrogen) atoms. The molecule has 3 amide bonds. The number of benzene rings is 3. The van der Waals surface area contributed by atoms with Crippen LogP contribution in [0.2, 0.25) is 0 Å². The molecule has 3 saturated heterocycles. The van der Waals surface area contributed by atoms with E-state index >= 15 is 0 Å². The fourth-order valence-corrected chi connectivity index (χ4v) is 29.3. The number of allylic oxidation sites excluding steroid dienone is 3. The number of aryl methyl sites for hydroxylation is 3. The highest BCUT2D eigenvalue weighted by Crippen LogP contribution is 2.75. The smallest absolute Gasteiger partial charge is 0.335 e. The van der Waals surface area contributed by atoms with Gasteiger partial charge in [0, 0.05) is 73.3 Å². The van der Waals surface area contributed by atoms with Gasteiger partial charge in [-0.2, -0.15) is 0 Å². The lowest BCUT2D eigenvalue weighted by atomic mass is 9.77. The molecule has 4 N–H and O–H groups in total. The Labute approximate surface area is 857 Å². The first kappa shape index (κ1) is 111. The summed E-state index contributed by atoms with van der Waals surface area (Å²) in [6.45, 7) is 29.7. The second-order valence-corrected chi connectivity index (χ2v) is 51.5. The molecule has 12 bridgehead atoms. The van der Waals surface area contributed by atoms with Crippen LogP contribution in [0.1, 0.15) is 259 Å². The van der Waals surface area contributed by atoms with Gasteiger partial charge in [-0.3, -0.25) is 56.8 Å². The highest BCUT2D eigenvalue weighted by molar-refractivity contribution is 7.55. The highest BCUT2D eigenvalue weighted by atomic mass is 31.2. The second kappa shape index (κ2) is 46.6. The molecular weight excluding hydrogens is 1920 g/mol. The quantitative estimate of drug-likeness (QED) is 0.0212. The molecule has 8 fully saturated rings. The molecule has 5 saturated carbocycles. The molecule has 17 rings (SSSR count). The van der Waals surface area contributed by atoms with Crippen molar-refractivity contribution in [2.45, 2.75) is 313 Å². The maximum Gasteiger partial charge on any atom is 0.335 e. The fraction of sp³-hybridized carbons (Fsp3) is 0.625. The van der Waals surface area contributed by atoms with Crippen molar-refractivity contribution in [2.24, 2.45) is 70.0 Å². The lowest BCUT2D eigenvalue weighted by Crippen LogP contribution is -2.48. The number of hydrogen-bond donors (Lipinski definition) is 4. The number of ether oxygens (including phenoxy) is 7. The summed E-state index contributed by atoms with van der Waals surface area (Å²) in [4.78, 5) is 187. The van der Waals surface area contributed by atoms with Crippen molar-refractivity contribution in [1.82, 2.24) is 29.7 Å². The molecule has 34 heteroatoms. The number of aromatic nitrogens is 3. The normalized spacial score (nSPS) is 30.3. The molecule has 9 heterocycles. The van der Waals surface area contributed by atoms with Crippen LogP contribution in [0.4, 0.5) is 0 Å². The number of carbonyl (C=O) groups is 9. The number of carbonyl (C=O) groups excluding carboxylic acids is 9. The molecule has 3 aromatic carbocycles. The Morgan fingerprint density at radius 2 is 0.877 bits per heavy atom. The van der Waals surface area contributed by atoms with Crippen LogP contribution < -0.4 is 18.9 Å². The van der Waals surface area contributed by atoms with E-state index in [9.17, 15) is 76.4 Å². The maximum absolute atomic E-state index is 14.7. The number of amides is 3.